The molecule has 2 aromatic rings. The first-order chi connectivity index (χ1) is 9.97. The minimum absolute atomic E-state index is 0.110. The molecule has 0 saturated carbocycles. The molecule has 4 nitrogen and oxygen atoms in total. The Morgan fingerprint density at radius 1 is 1.38 bits per heavy atom. The van der Waals surface area contributed by atoms with Crippen LogP contribution in [0, 0.1) is 11.6 Å². The number of aliphatic hydroxyl groups is 1. The molecule has 1 aromatic carbocycles. The third kappa shape index (κ3) is 3.33. The van der Waals surface area contributed by atoms with Crippen LogP contribution in [-0.4, -0.2) is 28.6 Å². The number of rotatable bonds is 5. The Morgan fingerprint density at radius 2 is 2.10 bits per heavy atom. The predicted molar refractivity (Wildman–Crippen MR) is 79.9 cm³/mol. The van der Waals surface area contributed by atoms with E-state index in [9.17, 15) is 13.9 Å². The minimum atomic E-state index is -1.16. The summed E-state index contributed by atoms with van der Waals surface area (Å²) in [6, 6.07) is 2.30. The van der Waals surface area contributed by atoms with E-state index in [-0.39, 0.29) is 10.0 Å². The second-order valence-corrected chi connectivity index (χ2v) is 5.91. The fourth-order valence-electron chi connectivity index (χ4n) is 1.90. The highest BCUT2D eigenvalue weighted by Crippen LogP contribution is 2.34. The van der Waals surface area contributed by atoms with Gasteiger partial charge >= 0.3 is 0 Å². The quantitative estimate of drug-likeness (QED) is 0.746. The first-order valence-corrected chi connectivity index (χ1v) is 7.57. The smallest absolute Gasteiger partial charge is 0.173 e. The molecular weight excluding hydrogens is 414 g/mol. The van der Waals surface area contributed by atoms with Crippen LogP contribution in [0.25, 0.3) is 0 Å². The Hall–Kier alpha value is -0.830. The van der Waals surface area contributed by atoms with Gasteiger partial charge in [-0.3, -0.25) is 4.68 Å². The molecule has 114 valence electrons. The monoisotopic (exact) mass is 424 g/mol. The molecule has 1 heterocycles. The average molecular weight is 426 g/mol. The lowest BCUT2D eigenvalue weighted by Crippen LogP contribution is -2.14. The maximum Gasteiger partial charge on any atom is 0.173 e. The number of hydrogen-bond donors (Lipinski definition) is 1. The Kier molecular flexibility index (Phi) is 5.48. The van der Waals surface area contributed by atoms with E-state index < -0.39 is 17.7 Å². The van der Waals surface area contributed by atoms with Crippen molar-refractivity contribution in [3.63, 3.8) is 0 Å². The molecule has 8 heteroatoms. The minimum Gasteiger partial charge on any atom is -0.383 e. The molecule has 21 heavy (non-hydrogen) atoms. The van der Waals surface area contributed by atoms with Crippen LogP contribution in [-0.2, 0) is 11.3 Å². The van der Waals surface area contributed by atoms with Gasteiger partial charge in [-0.1, -0.05) is 6.07 Å². The lowest BCUT2D eigenvalue weighted by Gasteiger charge is -2.16. The van der Waals surface area contributed by atoms with Crippen LogP contribution in [0.2, 0.25) is 0 Å². The molecule has 1 aromatic heterocycles. The van der Waals surface area contributed by atoms with Gasteiger partial charge < -0.3 is 9.84 Å². The summed E-state index contributed by atoms with van der Waals surface area (Å²) in [5, 5.41) is 14.6. The fraction of sp³-hybridized carbons (Fsp3) is 0.308. The second kappa shape index (κ2) is 6.95. The van der Waals surface area contributed by atoms with Gasteiger partial charge in [-0.05, 0) is 37.9 Å². The summed E-state index contributed by atoms with van der Waals surface area (Å²) >= 11 is 6.27. The van der Waals surface area contributed by atoms with E-state index in [0.717, 1.165) is 6.07 Å². The van der Waals surface area contributed by atoms with Crippen molar-refractivity contribution in [1.82, 2.24) is 9.78 Å². The van der Waals surface area contributed by atoms with Gasteiger partial charge in [0.25, 0.3) is 0 Å². The molecular formula is C13H12Br2F2N2O2. The maximum absolute atomic E-state index is 13.6. The molecule has 0 saturated heterocycles. The summed E-state index contributed by atoms with van der Waals surface area (Å²) < 4.78 is 33.8. The van der Waals surface area contributed by atoms with Crippen LogP contribution >= 0.6 is 31.9 Å². The molecule has 2 rings (SSSR count). The lowest BCUT2D eigenvalue weighted by atomic mass is 10.1. The molecule has 0 spiro atoms. The van der Waals surface area contributed by atoms with Gasteiger partial charge in [-0.2, -0.15) is 5.10 Å². The Balaban J connectivity index is 2.43. The molecule has 0 aliphatic rings. The topological polar surface area (TPSA) is 47.3 Å². The molecule has 1 unspecified atom stereocenters. The van der Waals surface area contributed by atoms with Gasteiger partial charge in [0.2, 0.25) is 0 Å². The first kappa shape index (κ1) is 16.5. The molecule has 1 atom stereocenters. The number of hydrogen-bond acceptors (Lipinski definition) is 3. The molecule has 0 fully saturated rings. The average Bonchev–Trinajstić information content (AvgIpc) is 2.83. The summed E-state index contributed by atoms with van der Waals surface area (Å²) in [5.41, 5.74) is 0.660. The van der Waals surface area contributed by atoms with Gasteiger partial charge in [0.15, 0.2) is 11.6 Å². The van der Waals surface area contributed by atoms with Crippen molar-refractivity contribution in [3.05, 3.63) is 50.2 Å². The highest BCUT2D eigenvalue weighted by atomic mass is 79.9. The second-order valence-electron chi connectivity index (χ2n) is 4.26. The number of ether oxygens (including phenoxy) is 1. The Bertz CT molecular complexity index is 649. The summed E-state index contributed by atoms with van der Waals surface area (Å²) in [7, 11) is 1.56. The lowest BCUT2D eigenvalue weighted by molar-refractivity contribution is 0.170. The maximum atomic E-state index is 13.6. The predicted octanol–water partition coefficient (Wildman–Crippen LogP) is 3.41. The molecule has 0 aliphatic heterocycles. The third-order valence-corrected chi connectivity index (χ3v) is 4.38. The van der Waals surface area contributed by atoms with Crippen molar-refractivity contribution in [2.24, 2.45) is 0 Å². The SMILES string of the molecule is COCCn1ncc(Br)c1C(O)c1ccc(F)c(F)c1Br. The van der Waals surface area contributed by atoms with Crippen LogP contribution in [0.15, 0.2) is 27.3 Å². The number of methoxy groups -OCH3 is 1. The highest BCUT2D eigenvalue weighted by molar-refractivity contribution is 9.10. The summed E-state index contributed by atoms with van der Waals surface area (Å²) in [5.74, 6) is -2.02. The van der Waals surface area contributed by atoms with E-state index in [1.54, 1.807) is 11.8 Å². The Morgan fingerprint density at radius 3 is 2.76 bits per heavy atom. The number of nitrogens with zero attached hydrogens (tertiary/aromatic N) is 2. The number of aliphatic hydroxyl groups excluding tert-OH is 1. The Labute approximate surface area is 137 Å². The summed E-state index contributed by atoms with van der Waals surface area (Å²) in [6.07, 6.45) is 0.366. The van der Waals surface area contributed by atoms with Gasteiger partial charge in [-0.15, -0.1) is 0 Å². The van der Waals surface area contributed by atoms with E-state index >= 15 is 0 Å². The van der Waals surface area contributed by atoms with E-state index in [0.29, 0.717) is 23.3 Å². The van der Waals surface area contributed by atoms with E-state index in [1.165, 1.54) is 12.3 Å². The zero-order valence-corrected chi connectivity index (χ0v) is 14.2. The van der Waals surface area contributed by atoms with Gasteiger partial charge in [0.05, 0.1) is 34.0 Å². The largest absolute Gasteiger partial charge is 0.383 e. The van der Waals surface area contributed by atoms with Crippen molar-refractivity contribution in [1.29, 1.82) is 0 Å². The molecule has 1 N–H and O–H groups in total. The van der Waals surface area contributed by atoms with Gasteiger partial charge in [-0.25, -0.2) is 8.78 Å². The van der Waals surface area contributed by atoms with Crippen molar-refractivity contribution in [2.75, 3.05) is 13.7 Å². The molecule has 0 radical (unpaired) electrons. The number of aromatic nitrogens is 2. The van der Waals surface area contributed by atoms with Crippen molar-refractivity contribution >= 4 is 31.9 Å². The molecule has 0 bridgehead atoms. The van der Waals surface area contributed by atoms with Crippen LogP contribution in [0.3, 0.4) is 0 Å². The summed E-state index contributed by atoms with van der Waals surface area (Å²) in [4.78, 5) is 0. The molecule has 0 amide bonds. The highest BCUT2D eigenvalue weighted by Gasteiger charge is 2.24. The van der Waals surface area contributed by atoms with Crippen LogP contribution in [0.5, 0.6) is 0 Å². The van der Waals surface area contributed by atoms with Crippen molar-refractivity contribution in [2.45, 2.75) is 12.6 Å². The van der Waals surface area contributed by atoms with Crippen LogP contribution in [0.4, 0.5) is 8.78 Å². The van der Waals surface area contributed by atoms with E-state index in [4.69, 9.17) is 4.74 Å². The van der Waals surface area contributed by atoms with Gasteiger partial charge in [0, 0.05) is 12.7 Å². The van der Waals surface area contributed by atoms with Crippen LogP contribution < -0.4 is 0 Å². The van der Waals surface area contributed by atoms with Crippen molar-refractivity contribution < 1.29 is 18.6 Å². The normalized spacial score (nSPS) is 12.7. The number of benzene rings is 1. The number of halogens is 4. The molecule has 0 aliphatic carbocycles. The zero-order valence-electron chi connectivity index (χ0n) is 11.0. The zero-order chi connectivity index (χ0) is 15.6. The fourth-order valence-corrected chi connectivity index (χ4v) is 2.95. The third-order valence-electron chi connectivity index (χ3n) is 2.96. The van der Waals surface area contributed by atoms with Crippen LogP contribution in [0.1, 0.15) is 17.4 Å². The first-order valence-electron chi connectivity index (χ1n) is 5.99. The van der Waals surface area contributed by atoms with Gasteiger partial charge in [0.1, 0.15) is 6.10 Å². The summed E-state index contributed by atoms with van der Waals surface area (Å²) in [6.45, 7) is 0.836. The van der Waals surface area contributed by atoms with Crippen molar-refractivity contribution in [3.8, 4) is 0 Å². The van der Waals surface area contributed by atoms with E-state index in [1.807, 2.05) is 0 Å². The van der Waals surface area contributed by atoms with E-state index in [2.05, 4.69) is 37.0 Å². The standard InChI is InChI=1S/C13H12Br2F2N2O2/c1-21-5-4-19-12(8(14)6-18-19)13(20)7-2-3-9(16)11(17)10(7)15/h2-3,6,13,20H,4-5H2,1H3.